The Kier molecular flexibility index (Phi) is 7.23. The van der Waals surface area contributed by atoms with Crippen LogP contribution in [0.1, 0.15) is 85.5 Å². The highest BCUT2D eigenvalue weighted by molar-refractivity contribution is 4.66. The number of rotatable bonds is 0. The van der Waals surface area contributed by atoms with Crippen LogP contribution < -0.4 is 0 Å². The van der Waals surface area contributed by atoms with Crippen molar-refractivity contribution in [3.05, 3.63) is 0 Å². The fourth-order valence-corrected chi connectivity index (χ4v) is 3.10. The van der Waals surface area contributed by atoms with Crippen molar-refractivity contribution in [2.45, 2.75) is 85.5 Å². The van der Waals surface area contributed by atoms with Crippen LogP contribution in [0, 0.1) is 23.7 Å². The summed E-state index contributed by atoms with van der Waals surface area (Å²) in [5, 5.41) is 0. The molecule has 102 valence electrons. The van der Waals surface area contributed by atoms with Crippen LogP contribution in [-0.4, -0.2) is 0 Å². The van der Waals surface area contributed by atoms with Crippen molar-refractivity contribution in [3.63, 3.8) is 0 Å². The highest BCUT2D eigenvalue weighted by Gasteiger charge is 2.13. The predicted octanol–water partition coefficient (Wildman–Crippen LogP) is 6.06. The van der Waals surface area contributed by atoms with Crippen molar-refractivity contribution in [2.24, 2.45) is 23.7 Å². The van der Waals surface area contributed by atoms with E-state index in [1.165, 1.54) is 57.8 Å². The van der Waals surface area contributed by atoms with Crippen molar-refractivity contribution in [2.75, 3.05) is 0 Å². The summed E-state index contributed by atoms with van der Waals surface area (Å²) < 4.78 is 0. The van der Waals surface area contributed by atoms with E-state index in [1.807, 2.05) is 0 Å². The maximum absolute atomic E-state index is 2.39. The lowest BCUT2D eigenvalue weighted by molar-refractivity contribution is 0.308. The molecule has 2 aliphatic rings. The lowest BCUT2D eigenvalue weighted by Crippen LogP contribution is -2.08. The summed E-state index contributed by atoms with van der Waals surface area (Å²) in [6.45, 7) is 9.51. The van der Waals surface area contributed by atoms with Gasteiger partial charge in [-0.3, -0.25) is 0 Å². The maximum atomic E-state index is 2.39. The second-order valence-electron chi connectivity index (χ2n) is 7.08. The molecule has 2 aliphatic carbocycles. The lowest BCUT2D eigenvalue weighted by Gasteiger charge is -2.22. The Labute approximate surface area is 110 Å². The summed E-state index contributed by atoms with van der Waals surface area (Å²) in [5.74, 6) is 4.06. The molecular weight excluding hydrogens is 204 g/mol. The first-order valence-electron chi connectivity index (χ1n) is 8.08. The normalized spacial score (nSPS) is 38.8. The average Bonchev–Trinajstić information content (AvgIpc) is 2.49. The van der Waals surface area contributed by atoms with Gasteiger partial charge in [0.25, 0.3) is 0 Å². The smallest absolute Gasteiger partial charge is 0.0443 e. The highest BCUT2D eigenvalue weighted by Crippen LogP contribution is 2.27. The second-order valence-corrected chi connectivity index (χ2v) is 7.08. The van der Waals surface area contributed by atoms with Crippen LogP contribution in [0.4, 0.5) is 0 Å². The minimum atomic E-state index is 1.01. The molecule has 17 heavy (non-hydrogen) atoms. The fourth-order valence-electron chi connectivity index (χ4n) is 3.10. The molecule has 0 heterocycles. The molecule has 2 atom stereocenters. The van der Waals surface area contributed by atoms with Crippen LogP contribution in [0.25, 0.3) is 0 Å². The molecule has 0 N–H and O–H groups in total. The SMILES string of the molecule is CC1CCC(C)CC1.CC1CCCC(C)CC1. The lowest BCUT2D eigenvalue weighted by atomic mass is 9.84. The van der Waals surface area contributed by atoms with E-state index in [4.69, 9.17) is 0 Å². The van der Waals surface area contributed by atoms with Gasteiger partial charge in [0.15, 0.2) is 0 Å². The van der Waals surface area contributed by atoms with Crippen LogP contribution in [0.5, 0.6) is 0 Å². The molecule has 2 saturated carbocycles. The zero-order chi connectivity index (χ0) is 12.7. The Morgan fingerprint density at radius 2 is 0.647 bits per heavy atom. The maximum Gasteiger partial charge on any atom is -0.0443 e. The van der Waals surface area contributed by atoms with E-state index in [0.717, 1.165) is 23.7 Å². The standard InChI is InChI=1S/C9H18.C8H16/c1-8-4-3-5-9(2)7-6-8;1-7-3-5-8(2)6-4-7/h8-9H,3-7H2,1-2H3;7-8H,3-6H2,1-2H3. The van der Waals surface area contributed by atoms with Crippen LogP contribution in [-0.2, 0) is 0 Å². The van der Waals surface area contributed by atoms with Gasteiger partial charge in [-0.15, -0.1) is 0 Å². The van der Waals surface area contributed by atoms with Gasteiger partial charge >= 0.3 is 0 Å². The highest BCUT2D eigenvalue weighted by atomic mass is 14.2. The first-order valence-corrected chi connectivity index (χ1v) is 8.08. The van der Waals surface area contributed by atoms with E-state index in [2.05, 4.69) is 27.7 Å². The van der Waals surface area contributed by atoms with Crippen molar-refractivity contribution < 1.29 is 0 Å². The third kappa shape index (κ3) is 7.11. The molecule has 0 bridgehead atoms. The van der Waals surface area contributed by atoms with Gasteiger partial charge in [0.1, 0.15) is 0 Å². The molecule has 2 rings (SSSR count). The molecule has 0 aromatic heterocycles. The third-order valence-electron chi connectivity index (χ3n) is 4.85. The Balaban J connectivity index is 0.000000171. The summed E-state index contributed by atoms with van der Waals surface area (Å²) in [6, 6.07) is 0. The molecule has 0 saturated heterocycles. The largest absolute Gasteiger partial charge is 0.0625 e. The van der Waals surface area contributed by atoms with Crippen molar-refractivity contribution in [1.29, 1.82) is 0 Å². The Morgan fingerprint density at radius 1 is 0.412 bits per heavy atom. The van der Waals surface area contributed by atoms with Gasteiger partial charge in [0, 0.05) is 0 Å². The van der Waals surface area contributed by atoms with E-state index in [0.29, 0.717) is 0 Å². The second kappa shape index (κ2) is 8.16. The van der Waals surface area contributed by atoms with Crippen LogP contribution in [0.3, 0.4) is 0 Å². The van der Waals surface area contributed by atoms with E-state index < -0.39 is 0 Å². The van der Waals surface area contributed by atoms with Crippen LogP contribution in [0.15, 0.2) is 0 Å². The molecule has 2 fully saturated rings. The average molecular weight is 238 g/mol. The van der Waals surface area contributed by atoms with Gasteiger partial charge in [-0.1, -0.05) is 85.5 Å². The van der Waals surface area contributed by atoms with E-state index in [-0.39, 0.29) is 0 Å². The molecule has 0 nitrogen and oxygen atoms in total. The molecule has 0 aromatic carbocycles. The summed E-state index contributed by atoms with van der Waals surface area (Å²) in [4.78, 5) is 0. The first kappa shape index (κ1) is 15.1. The zero-order valence-corrected chi connectivity index (χ0v) is 12.7. The zero-order valence-electron chi connectivity index (χ0n) is 12.7. The summed E-state index contributed by atoms with van der Waals surface area (Å²) >= 11 is 0. The summed E-state index contributed by atoms with van der Waals surface area (Å²) in [6.07, 6.45) is 13.3. The minimum absolute atomic E-state index is 1.01. The molecule has 0 radical (unpaired) electrons. The van der Waals surface area contributed by atoms with Gasteiger partial charge in [-0.05, 0) is 23.7 Å². The predicted molar refractivity (Wildman–Crippen MR) is 78.2 cm³/mol. The van der Waals surface area contributed by atoms with E-state index in [9.17, 15) is 0 Å². The van der Waals surface area contributed by atoms with Gasteiger partial charge < -0.3 is 0 Å². The van der Waals surface area contributed by atoms with Gasteiger partial charge in [-0.25, -0.2) is 0 Å². The Morgan fingerprint density at radius 3 is 0.941 bits per heavy atom. The fraction of sp³-hybridized carbons (Fsp3) is 1.00. The van der Waals surface area contributed by atoms with Crippen molar-refractivity contribution >= 4 is 0 Å². The summed E-state index contributed by atoms with van der Waals surface area (Å²) in [5.41, 5.74) is 0. The van der Waals surface area contributed by atoms with Crippen molar-refractivity contribution in [1.82, 2.24) is 0 Å². The van der Waals surface area contributed by atoms with Crippen molar-refractivity contribution in [3.8, 4) is 0 Å². The first-order chi connectivity index (χ1) is 8.08. The summed E-state index contributed by atoms with van der Waals surface area (Å²) in [7, 11) is 0. The topological polar surface area (TPSA) is 0 Å². The van der Waals surface area contributed by atoms with Crippen LogP contribution >= 0.6 is 0 Å². The van der Waals surface area contributed by atoms with Gasteiger partial charge in [-0.2, -0.15) is 0 Å². The van der Waals surface area contributed by atoms with E-state index in [1.54, 1.807) is 0 Å². The molecular formula is C17H34. The molecule has 0 heteroatoms. The van der Waals surface area contributed by atoms with Crippen LogP contribution in [0.2, 0.25) is 0 Å². The number of hydrogen-bond donors (Lipinski definition) is 0. The minimum Gasteiger partial charge on any atom is -0.0625 e. The third-order valence-corrected chi connectivity index (χ3v) is 4.85. The van der Waals surface area contributed by atoms with Gasteiger partial charge in [0.05, 0.1) is 0 Å². The monoisotopic (exact) mass is 238 g/mol. The van der Waals surface area contributed by atoms with E-state index >= 15 is 0 Å². The molecule has 0 amide bonds. The quantitative estimate of drug-likeness (QED) is 0.450. The molecule has 0 aromatic rings. The Bertz CT molecular complexity index is 156. The molecule has 0 spiro atoms. The molecule has 2 unspecified atom stereocenters. The van der Waals surface area contributed by atoms with Gasteiger partial charge in [0.2, 0.25) is 0 Å². The Hall–Kier alpha value is 0. The molecule has 0 aliphatic heterocycles. The number of hydrogen-bond acceptors (Lipinski definition) is 0.